The predicted molar refractivity (Wildman–Crippen MR) is 64.7 cm³/mol. The lowest BCUT2D eigenvalue weighted by Crippen LogP contribution is -2.14. The summed E-state index contributed by atoms with van der Waals surface area (Å²) in [4.78, 5) is 0.667. The smallest absolute Gasteiger partial charge is 0.0864 e. The lowest BCUT2D eigenvalue weighted by atomic mass is 10.3. The molecular weight excluding hydrogens is 257 g/mol. The van der Waals surface area contributed by atoms with Crippen LogP contribution in [-0.2, 0) is 0 Å². The summed E-state index contributed by atoms with van der Waals surface area (Å²) in [7, 11) is 0. The van der Waals surface area contributed by atoms with Crippen LogP contribution >= 0.6 is 35.0 Å². The standard InChI is InChI=1S/C9H11Cl2NO2S/c10-7-1-5(12)2-8(11)9(7)15-4-6(14)3-13/h1-2,6,13-14H,3-4,12H2. The Labute approximate surface area is 102 Å². The summed E-state index contributed by atoms with van der Waals surface area (Å²) >= 11 is 13.1. The van der Waals surface area contributed by atoms with Gasteiger partial charge in [0.15, 0.2) is 0 Å². The summed E-state index contributed by atoms with van der Waals surface area (Å²) in [5.41, 5.74) is 6.04. The van der Waals surface area contributed by atoms with Crippen molar-refractivity contribution in [1.82, 2.24) is 0 Å². The van der Waals surface area contributed by atoms with Crippen LogP contribution in [0.2, 0.25) is 10.0 Å². The van der Waals surface area contributed by atoms with Crippen LogP contribution in [-0.4, -0.2) is 28.7 Å². The lowest BCUT2D eigenvalue weighted by Gasteiger charge is -2.10. The van der Waals surface area contributed by atoms with E-state index < -0.39 is 6.10 Å². The van der Waals surface area contributed by atoms with E-state index in [0.29, 0.717) is 26.4 Å². The second kappa shape index (κ2) is 5.82. The molecule has 1 atom stereocenters. The average molecular weight is 268 g/mol. The zero-order chi connectivity index (χ0) is 11.4. The molecule has 0 radical (unpaired) electrons. The van der Waals surface area contributed by atoms with Gasteiger partial charge in [-0.25, -0.2) is 0 Å². The molecule has 0 heterocycles. The normalized spacial score (nSPS) is 12.8. The second-order valence-corrected chi connectivity index (χ2v) is 4.81. The molecule has 1 aromatic rings. The second-order valence-electron chi connectivity index (χ2n) is 2.96. The van der Waals surface area contributed by atoms with Gasteiger partial charge in [-0.3, -0.25) is 0 Å². The van der Waals surface area contributed by atoms with Gasteiger partial charge in [0, 0.05) is 16.3 Å². The van der Waals surface area contributed by atoms with Crippen LogP contribution < -0.4 is 5.73 Å². The van der Waals surface area contributed by atoms with Crippen molar-refractivity contribution in [2.24, 2.45) is 0 Å². The van der Waals surface area contributed by atoms with Gasteiger partial charge in [-0.05, 0) is 12.1 Å². The van der Waals surface area contributed by atoms with Crippen molar-refractivity contribution in [3.63, 3.8) is 0 Å². The van der Waals surface area contributed by atoms with Gasteiger partial charge in [0.05, 0.1) is 22.8 Å². The van der Waals surface area contributed by atoms with Crippen LogP contribution in [0.15, 0.2) is 17.0 Å². The molecular formula is C9H11Cl2NO2S. The highest BCUT2D eigenvalue weighted by Crippen LogP contribution is 2.36. The number of thioether (sulfide) groups is 1. The van der Waals surface area contributed by atoms with Crippen LogP contribution in [0, 0.1) is 0 Å². The lowest BCUT2D eigenvalue weighted by molar-refractivity contribution is 0.113. The molecule has 0 aromatic heterocycles. The zero-order valence-corrected chi connectivity index (χ0v) is 10.1. The number of nitrogen functional groups attached to an aromatic ring is 1. The molecule has 0 saturated carbocycles. The topological polar surface area (TPSA) is 66.5 Å². The van der Waals surface area contributed by atoms with Gasteiger partial charge in [0.1, 0.15) is 0 Å². The largest absolute Gasteiger partial charge is 0.399 e. The SMILES string of the molecule is Nc1cc(Cl)c(SCC(O)CO)c(Cl)c1. The maximum Gasteiger partial charge on any atom is 0.0864 e. The number of hydrogen-bond donors (Lipinski definition) is 3. The first-order valence-corrected chi connectivity index (χ1v) is 5.95. The molecule has 1 unspecified atom stereocenters. The van der Waals surface area contributed by atoms with Crippen molar-refractivity contribution in [1.29, 1.82) is 0 Å². The van der Waals surface area contributed by atoms with Gasteiger partial charge in [0.25, 0.3) is 0 Å². The van der Waals surface area contributed by atoms with E-state index in [1.165, 1.54) is 11.8 Å². The fraction of sp³-hybridized carbons (Fsp3) is 0.333. The van der Waals surface area contributed by atoms with Gasteiger partial charge in [0.2, 0.25) is 0 Å². The summed E-state index contributed by atoms with van der Waals surface area (Å²) in [6.45, 7) is -0.281. The number of nitrogens with two attached hydrogens (primary N) is 1. The minimum Gasteiger partial charge on any atom is -0.399 e. The zero-order valence-electron chi connectivity index (χ0n) is 7.78. The van der Waals surface area contributed by atoms with Gasteiger partial charge in [-0.15, -0.1) is 11.8 Å². The third kappa shape index (κ3) is 3.74. The van der Waals surface area contributed by atoms with Crippen LogP contribution in [0.5, 0.6) is 0 Å². The first-order valence-electron chi connectivity index (χ1n) is 4.21. The van der Waals surface area contributed by atoms with Crippen molar-refractivity contribution in [2.75, 3.05) is 18.1 Å². The van der Waals surface area contributed by atoms with Crippen molar-refractivity contribution in [3.8, 4) is 0 Å². The van der Waals surface area contributed by atoms with Crippen LogP contribution in [0.3, 0.4) is 0 Å². The summed E-state index contributed by atoms with van der Waals surface area (Å²) in [5, 5.41) is 18.7. The Bertz CT molecular complexity index is 326. The molecule has 0 aliphatic heterocycles. The molecule has 84 valence electrons. The summed E-state index contributed by atoms with van der Waals surface area (Å²) in [6.07, 6.45) is -0.778. The number of anilines is 1. The van der Waals surface area contributed by atoms with Gasteiger partial charge < -0.3 is 15.9 Å². The summed E-state index contributed by atoms with van der Waals surface area (Å²) < 4.78 is 0. The Hall–Kier alpha value is -0.130. The van der Waals surface area contributed by atoms with Crippen molar-refractivity contribution in [3.05, 3.63) is 22.2 Å². The van der Waals surface area contributed by atoms with E-state index in [9.17, 15) is 5.11 Å². The van der Waals surface area contributed by atoms with Crippen molar-refractivity contribution in [2.45, 2.75) is 11.0 Å². The summed E-state index contributed by atoms with van der Waals surface area (Å²) in [5.74, 6) is 0.333. The molecule has 15 heavy (non-hydrogen) atoms. The molecule has 0 bridgehead atoms. The Kier molecular flexibility index (Phi) is 5.02. The highest BCUT2D eigenvalue weighted by atomic mass is 35.5. The van der Waals surface area contributed by atoms with Crippen molar-refractivity contribution < 1.29 is 10.2 Å². The maximum absolute atomic E-state index is 9.17. The molecule has 6 heteroatoms. The molecule has 1 aromatic carbocycles. The minimum atomic E-state index is -0.778. The number of halogens is 2. The molecule has 0 aliphatic rings. The maximum atomic E-state index is 9.17. The Balaban J connectivity index is 2.77. The predicted octanol–water partition coefficient (Wildman–Crippen LogP) is 2.02. The Morgan fingerprint density at radius 1 is 1.33 bits per heavy atom. The minimum absolute atomic E-state index is 0.281. The molecule has 4 N–H and O–H groups in total. The number of rotatable bonds is 4. The number of hydrogen-bond acceptors (Lipinski definition) is 4. The Morgan fingerprint density at radius 3 is 2.33 bits per heavy atom. The highest BCUT2D eigenvalue weighted by Gasteiger charge is 2.10. The van der Waals surface area contributed by atoms with E-state index in [0.717, 1.165) is 0 Å². The van der Waals surface area contributed by atoms with Crippen LogP contribution in [0.4, 0.5) is 5.69 Å². The first-order chi connectivity index (χ1) is 7.04. The van der Waals surface area contributed by atoms with E-state index in [4.69, 9.17) is 34.0 Å². The van der Waals surface area contributed by atoms with Crippen LogP contribution in [0.1, 0.15) is 0 Å². The number of aliphatic hydroxyl groups excluding tert-OH is 2. The third-order valence-corrected chi connectivity index (χ3v) is 3.75. The Morgan fingerprint density at radius 2 is 1.87 bits per heavy atom. The fourth-order valence-electron chi connectivity index (χ4n) is 0.950. The monoisotopic (exact) mass is 267 g/mol. The average Bonchev–Trinajstić information content (AvgIpc) is 2.15. The third-order valence-electron chi connectivity index (χ3n) is 1.65. The molecule has 0 spiro atoms. The van der Waals surface area contributed by atoms with Gasteiger partial charge >= 0.3 is 0 Å². The van der Waals surface area contributed by atoms with Gasteiger partial charge in [-0.1, -0.05) is 23.2 Å². The number of benzene rings is 1. The summed E-state index contributed by atoms with van der Waals surface area (Å²) in [6, 6.07) is 3.20. The fourth-order valence-corrected chi connectivity index (χ4v) is 2.64. The molecule has 0 saturated heterocycles. The van der Waals surface area contributed by atoms with E-state index in [2.05, 4.69) is 0 Å². The van der Waals surface area contributed by atoms with E-state index >= 15 is 0 Å². The molecule has 3 nitrogen and oxygen atoms in total. The van der Waals surface area contributed by atoms with E-state index in [1.807, 2.05) is 0 Å². The molecule has 0 amide bonds. The van der Waals surface area contributed by atoms with E-state index in [-0.39, 0.29) is 6.61 Å². The molecule has 0 aliphatic carbocycles. The van der Waals surface area contributed by atoms with Crippen LogP contribution in [0.25, 0.3) is 0 Å². The van der Waals surface area contributed by atoms with Crippen molar-refractivity contribution >= 4 is 40.7 Å². The quantitative estimate of drug-likeness (QED) is 0.577. The van der Waals surface area contributed by atoms with Gasteiger partial charge in [-0.2, -0.15) is 0 Å². The molecule has 1 rings (SSSR count). The highest BCUT2D eigenvalue weighted by molar-refractivity contribution is 7.99. The first kappa shape index (κ1) is 12.9. The number of aliphatic hydroxyl groups is 2. The molecule has 0 fully saturated rings. The van der Waals surface area contributed by atoms with E-state index in [1.54, 1.807) is 12.1 Å².